The Morgan fingerprint density at radius 3 is 2.35 bits per heavy atom. The Labute approximate surface area is 123 Å². The minimum atomic E-state index is 0.119. The first-order valence-corrected chi connectivity index (χ1v) is 8.15. The van der Waals surface area contributed by atoms with Gasteiger partial charge in [0.25, 0.3) is 0 Å². The molecule has 0 amide bonds. The van der Waals surface area contributed by atoms with E-state index >= 15 is 0 Å². The molecule has 1 fully saturated rings. The summed E-state index contributed by atoms with van der Waals surface area (Å²) in [7, 11) is 0. The van der Waals surface area contributed by atoms with Crippen LogP contribution in [0.5, 0.6) is 0 Å². The average Bonchev–Trinajstić information content (AvgIpc) is 2.49. The largest absolute Gasteiger partial charge is 0.373 e. The SMILES string of the molecule is CCCCC[C@@H]1CO[C@@H](c2ccc(CCC)cc2)CO1. The average molecular weight is 276 g/mol. The highest BCUT2D eigenvalue weighted by Crippen LogP contribution is 2.25. The number of hydrogen-bond acceptors (Lipinski definition) is 2. The zero-order chi connectivity index (χ0) is 14.2. The van der Waals surface area contributed by atoms with Crippen molar-refractivity contribution in [1.82, 2.24) is 0 Å². The fourth-order valence-corrected chi connectivity index (χ4v) is 2.71. The molecule has 0 aromatic heterocycles. The molecule has 2 atom stereocenters. The molecule has 0 unspecified atom stereocenters. The van der Waals surface area contributed by atoms with E-state index < -0.39 is 0 Å². The molecule has 0 N–H and O–H groups in total. The molecule has 1 aromatic rings. The standard InChI is InChI=1S/C18H28O2/c1-3-5-6-8-17-13-20-18(14-19-17)16-11-9-15(7-4-2)10-12-16/h9-12,17-18H,3-8,13-14H2,1-2H3/t17-,18-/m1/s1. The van der Waals surface area contributed by atoms with Gasteiger partial charge in [-0.15, -0.1) is 0 Å². The summed E-state index contributed by atoms with van der Waals surface area (Å²) in [5.74, 6) is 0. The van der Waals surface area contributed by atoms with Gasteiger partial charge in [-0.3, -0.25) is 0 Å². The van der Waals surface area contributed by atoms with E-state index in [2.05, 4.69) is 38.1 Å². The highest BCUT2D eigenvalue weighted by atomic mass is 16.6. The molecule has 0 aliphatic carbocycles. The zero-order valence-corrected chi connectivity index (χ0v) is 12.9. The van der Waals surface area contributed by atoms with Crippen molar-refractivity contribution in [3.8, 4) is 0 Å². The number of unbranched alkanes of at least 4 members (excludes halogenated alkanes) is 2. The second kappa shape index (κ2) is 8.43. The van der Waals surface area contributed by atoms with E-state index in [1.54, 1.807) is 0 Å². The van der Waals surface area contributed by atoms with Crippen LogP contribution >= 0.6 is 0 Å². The summed E-state index contributed by atoms with van der Waals surface area (Å²) >= 11 is 0. The molecule has 0 spiro atoms. The molecule has 0 saturated carbocycles. The van der Waals surface area contributed by atoms with E-state index in [1.807, 2.05) is 0 Å². The van der Waals surface area contributed by atoms with Crippen molar-refractivity contribution in [2.75, 3.05) is 13.2 Å². The van der Waals surface area contributed by atoms with Crippen molar-refractivity contribution in [2.24, 2.45) is 0 Å². The van der Waals surface area contributed by atoms with Crippen LogP contribution in [-0.2, 0) is 15.9 Å². The lowest BCUT2D eigenvalue weighted by Gasteiger charge is -2.30. The van der Waals surface area contributed by atoms with Gasteiger partial charge in [0.15, 0.2) is 0 Å². The van der Waals surface area contributed by atoms with Gasteiger partial charge in [-0.2, -0.15) is 0 Å². The van der Waals surface area contributed by atoms with E-state index in [-0.39, 0.29) is 6.10 Å². The van der Waals surface area contributed by atoms with Crippen LogP contribution in [0.25, 0.3) is 0 Å². The maximum Gasteiger partial charge on any atom is 0.106 e. The molecule has 2 nitrogen and oxygen atoms in total. The third-order valence-electron chi connectivity index (χ3n) is 3.99. The Morgan fingerprint density at radius 2 is 1.75 bits per heavy atom. The second-order valence-electron chi connectivity index (χ2n) is 5.76. The van der Waals surface area contributed by atoms with Gasteiger partial charge in [-0.1, -0.05) is 63.8 Å². The van der Waals surface area contributed by atoms with Crippen LogP contribution in [0.1, 0.15) is 63.2 Å². The fraction of sp³-hybridized carbons (Fsp3) is 0.667. The summed E-state index contributed by atoms with van der Waals surface area (Å²) in [5.41, 5.74) is 2.65. The molecular formula is C18H28O2. The third kappa shape index (κ3) is 4.60. The molecule has 1 aliphatic heterocycles. The van der Waals surface area contributed by atoms with Crippen LogP contribution in [0.4, 0.5) is 0 Å². The second-order valence-corrected chi connectivity index (χ2v) is 5.76. The van der Waals surface area contributed by atoms with Crippen LogP contribution in [-0.4, -0.2) is 19.3 Å². The molecule has 112 valence electrons. The summed E-state index contributed by atoms with van der Waals surface area (Å²) in [6.45, 7) is 5.89. The zero-order valence-electron chi connectivity index (χ0n) is 12.9. The lowest BCUT2D eigenvalue weighted by molar-refractivity contribution is -0.137. The Balaban J connectivity index is 1.78. The normalized spacial score (nSPS) is 22.9. The number of benzene rings is 1. The molecule has 1 aliphatic rings. The number of rotatable bonds is 7. The Morgan fingerprint density at radius 1 is 0.950 bits per heavy atom. The highest BCUT2D eigenvalue weighted by Gasteiger charge is 2.22. The predicted octanol–water partition coefficient (Wildman–Crippen LogP) is 4.68. The molecular weight excluding hydrogens is 248 g/mol. The Bertz CT molecular complexity index is 364. The van der Waals surface area contributed by atoms with Crippen LogP contribution < -0.4 is 0 Å². The summed E-state index contributed by atoms with van der Waals surface area (Å²) in [6.07, 6.45) is 7.72. The van der Waals surface area contributed by atoms with Crippen LogP contribution in [0.15, 0.2) is 24.3 Å². The van der Waals surface area contributed by atoms with Crippen LogP contribution in [0.3, 0.4) is 0 Å². The summed E-state index contributed by atoms with van der Waals surface area (Å²) in [6, 6.07) is 8.82. The van der Waals surface area contributed by atoms with Gasteiger partial charge < -0.3 is 9.47 Å². The van der Waals surface area contributed by atoms with Gasteiger partial charge in [0.1, 0.15) is 6.10 Å². The van der Waals surface area contributed by atoms with Crippen molar-refractivity contribution >= 4 is 0 Å². The number of ether oxygens (including phenoxy) is 2. The van der Waals surface area contributed by atoms with E-state index in [1.165, 1.54) is 36.8 Å². The van der Waals surface area contributed by atoms with Crippen molar-refractivity contribution in [3.05, 3.63) is 35.4 Å². The number of hydrogen-bond donors (Lipinski definition) is 0. The molecule has 20 heavy (non-hydrogen) atoms. The van der Waals surface area contributed by atoms with E-state index in [0.717, 1.165) is 19.4 Å². The molecule has 1 heterocycles. The van der Waals surface area contributed by atoms with Crippen LogP contribution in [0.2, 0.25) is 0 Å². The van der Waals surface area contributed by atoms with Gasteiger partial charge in [0.05, 0.1) is 19.3 Å². The number of aryl methyl sites for hydroxylation is 1. The minimum Gasteiger partial charge on any atom is -0.373 e. The predicted molar refractivity (Wildman–Crippen MR) is 83.0 cm³/mol. The minimum absolute atomic E-state index is 0.119. The van der Waals surface area contributed by atoms with Gasteiger partial charge in [-0.25, -0.2) is 0 Å². The Hall–Kier alpha value is -0.860. The lowest BCUT2D eigenvalue weighted by atomic mass is 10.0. The first kappa shape index (κ1) is 15.5. The monoisotopic (exact) mass is 276 g/mol. The molecule has 0 radical (unpaired) electrons. The van der Waals surface area contributed by atoms with Crippen molar-refractivity contribution in [1.29, 1.82) is 0 Å². The quantitative estimate of drug-likeness (QED) is 0.673. The van der Waals surface area contributed by atoms with Crippen molar-refractivity contribution < 1.29 is 9.47 Å². The van der Waals surface area contributed by atoms with Crippen LogP contribution in [0, 0.1) is 0 Å². The molecule has 0 bridgehead atoms. The lowest BCUT2D eigenvalue weighted by Crippen LogP contribution is -2.31. The first-order chi connectivity index (χ1) is 9.83. The fourth-order valence-electron chi connectivity index (χ4n) is 2.71. The van der Waals surface area contributed by atoms with E-state index in [4.69, 9.17) is 9.47 Å². The maximum absolute atomic E-state index is 5.98. The summed E-state index contributed by atoms with van der Waals surface area (Å²) in [4.78, 5) is 0. The maximum atomic E-state index is 5.98. The topological polar surface area (TPSA) is 18.5 Å². The van der Waals surface area contributed by atoms with Crippen molar-refractivity contribution in [3.63, 3.8) is 0 Å². The molecule has 2 rings (SSSR count). The Kier molecular flexibility index (Phi) is 6.55. The van der Waals surface area contributed by atoms with Gasteiger partial charge in [0.2, 0.25) is 0 Å². The summed E-state index contributed by atoms with van der Waals surface area (Å²) in [5, 5.41) is 0. The van der Waals surface area contributed by atoms with Crippen molar-refractivity contribution in [2.45, 2.75) is 64.6 Å². The molecule has 1 aromatic carbocycles. The smallest absolute Gasteiger partial charge is 0.106 e. The molecule has 2 heteroatoms. The first-order valence-electron chi connectivity index (χ1n) is 8.15. The van der Waals surface area contributed by atoms with E-state index in [9.17, 15) is 0 Å². The summed E-state index contributed by atoms with van der Waals surface area (Å²) < 4.78 is 11.9. The molecule has 1 saturated heterocycles. The van der Waals surface area contributed by atoms with Gasteiger partial charge in [-0.05, 0) is 24.0 Å². The highest BCUT2D eigenvalue weighted by molar-refractivity contribution is 5.24. The van der Waals surface area contributed by atoms with E-state index in [0.29, 0.717) is 12.7 Å². The van der Waals surface area contributed by atoms with Gasteiger partial charge in [0, 0.05) is 0 Å². The third-order valence-corrected chi connectivity index (χ3v) is 3.99. The van der Waals surface area contributed by atoms with Gasteiger partial charge >= 0.3 is 0 Å².